The molecular formula is C22H32FN3O3S. The maximum absolute atomic E-state index is 13.9. The van der Waals surface area contributed by atoms with E-state index in [0.29, 0.717) is 12.8 Å². The summed E-state index contributed by atoms with van der Waals surface area (Å²) in [4.78, 5) is 14.8. The number of hydrogen-bond acceptors (Lipinski definition) is 4. The van der Waals surface area contributed by atoms with Crippen LogP contribution in [0.15, 0.2) is 40.8 Å². The summed E-state index contributed by atoms with van der Waals surface area (Å²) in [6, 6.07) is 5.60. The van der Waals surface area contributed by atoms with Gasteiger partial charge in [0.15, 0.2) is 0 Å². The molecule has 1 aromatic rings. The van der Waals surface area contributed by atoms with Gasteiger partial charge in [-0.2, -0.15) is 4.31 Å². The third kappa shape index (κ3) is 5.68. The van der Waals surface area contributed by atoms with Crippen molar-refractivity contribution in [1.29, 1.82) is 0 Å². The Labute approximate surface area is 179 Å². The van der Waals surface area contributed by atoms with E-state index in [9.17, 15) is 17.6 Å². The fourth-order valence-corrected chi connectivity index (χ4v) is 5.58. The summed E-state index contributed by atoms with van der Waals surface area (Å²) in [6.07, 6.45) is 5.01. The van der Waals surface area contributed by atoms with Gasteiger partial charge in [0.25, 0.3) is 0 Å². The molecule has 0 atom stereocenters. The number of benzene rings is 1. The van der Waals surface area contributed by atoms with E-state index >= 15 is 0 Å². The van der Waals surface area contributed by atoms with E-state index in [0.717, 1.165) is 38.5 Å². The quantitative estimate of drug-likeness (QED) is 0.695. The number of amides is 1. The van der Waals surface area contributed by atoms with Gasteiger partial charge in [0.2, 0.25) is 15.9 Å². The molecule has 0 saturated carbocycles. The van der Waals surface area contributed by atoms with Gasteiger partial charge >= 0.3 is 0 Å². The van der Waals surface area contributed by atoms with Crippen LogP contribution in [0, 0.1) is 11.7 Å². The highest BCUT2D eigenvalue weighted by Gasteiger charge is 2.34. The van der Waals surface area contributed by atoms with E-state index in [1.54, 1.807) is 0 Å². The summed E-state index contributed by atoms with van der Waals surface area (Å²) in [7, 11) is -3.87. The minimum atomic E-state index is -3.87. The molecule has 2 fully saturated rings. The predicted octanol–water partition coefficient (Wildman–Crippen LogP) is 2.77. The fourth-order valence-electron chi connectivity index (χ4n) is 4.04. The normalized spacial score (nSPS) is 20.1. The molecule has 0 aliphatic carbocycles. The number of rotatable bonds is 6. The molecule has 2 aliphatic rings. The summed E-state index contributed by atoms with van der Waals surface area (Å²) >= 11 is 0. The predicted molar refractivity (Wildman–Crippen MR) is 115 cm³/mol. The Hall–Kier alpha value is -1.77. The molecule has 1 aromatic carbocycles. The van der Waals surface area contributed by atoms with Crippen LogP contribution in [0.1, 0.15) is 39.5 Å². The number of halogens is 1. The second-order valence-electron chi connectivity index (χ2n) is 8.47. The summed E-state index contributed by atoms with van der Waals surface area (Å²) in [6.45, 7) is 7.55. The van der Waals surface area contributed by atoms with Gasteiger partial charge in [-0.3, -0.25) is 9.69 Å². The van der Waals surface area contributed by atoms with Crippen molar-refractivity contribution >= 4 is 15.9 Å². The molecule has 8 heteroatoms. The molecule has 30 heavy (non-hydrogen) atoms. The first-order chi connectivity index (χ1) is 14.3. The Balaban J connectivity index is 1.47. The largest absolute Gasteiger partial charge is 0.353 e. The van der Waals surface area contributed by atoms with Crippen molar-refractivity contribution < 1.29 is 17.6 Å². The molecule has 2 saturated heterocycles. The molecule has 1 amide bonds. The molecule has 0 spiro atoms. The van der Waals surface area contributed by atoms with Gasteiger partial charge in [-0.1, -0.05) is 23.8 Å². The smallest absolute Gasteiger partial charge is 0.245 e. The van der Waals surface area contributed by atoms with Crippen LogP contribution in [-0.2, 0) is 14.8 Å². The molecule has 0 bridgehead atoms. The number of likely N-dealkylation sites (tertiary alicyclic amines) is 1. The first-order valence-corrected chi connectivity index (χ1v) is 12.1. The molecule has 3 rings (SSSR count). The average Bonchev–Trinajstić information content (AvgIpc) is 2.73. The van der Waals surface area contributed by atoms with Gasteiger partial charge in [-0.15, -0.1) is 0 Å². The summed E-state index contributed by atoms with van der Waals surface area (Å²) < 4.78 is 40.6. The number of nitrogens with one attached hydrogen (secondary N) is 1. The first-order valence-electron chi connectivity index (χ1n) is 10.7. The van der Waals surface area contributed by atoms with Crippen LogP contribution < -0.4 is 5.32 Å². The third-order valence-electron chi connectivity index (χ3n) is 5.97. The van der Waals surface area contributed by atoms with Crippen molar-refractivity contribution in [2.75, 3.05) is 32.7 Å². The third-order valence-corrected chi connectivity index (χ3v) is 7.90. The average molecular weight is 438 g/mol. The molecule has 0 aromatic heterocycles. The second-order valence-corrected chi connectivity index (χ2v) is 10.4. The van der Waals surface area contributed by atoms with Crippen LogP contribution in [-0.4, -0.2) is 62.3 Å². The van der Waals surface area contributed by atoms with E-state index < -0.39 is 15.8 Å². The Bertz CT molecular complexity index is 867. The molecule has 2 aliphatic heterocycles. The van der Waals surface area contributed by atoms with E-state index in [4.69, 9.17) is 0 Å². The lowest BCUT2D eigenvalue weighted by molar-refractivity contribution is -0.127. The molecule has 2 heterocycles. The second kappa shape index (κ2) is 10.0. The standard InChI is InChI=1S/C22H32FN3O3S/c1-17(2)7-12-25-13-10-19(11-14-25)24-22(27)18-8-15-26(16-9-18)30(28,29)21-6-4-3-5-20(21)23/h3-7,18-19H,8-16H2,1-2H3,(H,24,27). The number of nitrogens with zero attached hydrogens (tertiary/aromatic N) is 2. The zero-order valence-corrected chi connectivity index (χ0v) is 18.6. The summed E-state index contributed by atoms with van der Waals surface area (Å²) in [5, 5.41) is 3.16. The minimum absolute atomic E-state index is 0.0145. The van der Waals surface area contributed by atoms with Crippen molar-refractivity contribution in [2.45, 2.75) is 50.5 Å². The Morgan fingerprint density at radius 3 is 2.33 bits per heavy atom. The minimum Gasteiger partial charge on any atom is -0.353 e. The van der Waals surface area contributed by atoms with Crippen molar-refractivity contribution in [3.63, 3.8) is 0 Å². The van der Waals surface area contributed by atoms with Gasteiger partial charge < -0.3 is 5.32 Å². The van der Waals surface area contributed by atoms with E-state index in [1.807, 2.05) is 0 Å². The van der Waals surface area contributed by atoms with Gasteiger partial charge in [0.05, 0.1) is 0 Å². The molecule has 166 valence electrons. The first kappa shape index (κ1) is 22.9. The van der Waals surface area contributed by atoms with Gasteiger partial charge in [0.1, 0.15) is 10.7 Å². The number of hydrogen-bond donors (Lipinski definition) is 1. The number of piperidine rings is 2. The molecule has 0 radical (unpaired) electrons. The molecule has 1 N–H and O–H groups in total. The highest BCUT2D eigenvalue weighted by Crippen LogP contribution is 2.25. The highest BCUT2D eigenvalue weighted by molar-refractivity contribution is 7.89. The number of carbonyl (C=O) groups is 1. The highest BCUT2D eigenvalue weighted by atomic mass is 32.2. The van der Waals surface area contributed by atoms with Gasteiger partial charge in [-0.05, 0) is 51.7 Å². The molecular weight excluding hydrogens is 405 g/mol. The van der Waals surface area contributed by atoms with Crippen LogP contribution in [0.25, 0.3) is 0 Å². The monoisotopic (exact) mass is 437 g/mol. The van der Waals surface area contributed by atoms with Gasteiger partial charge in [-0.25, -0.2) is 12.8 Å². The van der Waals surface area contributed by atoms with E-state index in [-0.39, 0.29) is 35.9 Å². The molecule has 6 nitrogen and oxygen atoms in total. The SMILES string of the molecule is CC(C)=CCN1CCC(NC(=O)C2CCN(S(=O)(=O)c3ccccc3F)CC2)CC1. The lowest BCUT2D eigenvalue weighted by Crippen LogP contribution is -2.48. The van der Waals surface area contributed by atoms with E-state index in [1.165, 1.54) is 28.1 Å². The zero-order chi connectivity index (χ0) is 21.7. The Morgan fingerprint density at radius 2 is 1.73 bits per heavy atom. The Morgan fingerprint density at radius 1 is 1.10 bits per heavy atom. The Kier molecular flexibility index (Phi) is 7.65. The maximum atomic E-state index is 13.9. The van der Waals surface area contributed by atoms with Crippen molar-refractivity contribution in [2.24, 2.45) is 5.92 Å². The van der Waals surface area contributed by atoms with Crippen LogP contribution in [0.4, 0.5) is 4.39 Å². The summed E-state index contributed by atoms with van der Waals surface area (Å²) in [5.74, 6) is -0.922. The zero-order valence-electron chi connectivity index (χ0n) is 17.8. The number of carbonyl (C=O) groups excluding carboxylic acids is 1. The van der Waals surface area contributed by atoms with Crippen LogP contribution in [0.3, 0.4) is 0 Å². The van der Waals surface area contributed by atoms with Crippen molar-refractivity contribution in [3.8, 4) is 0 Å². The van der Waals surface area contributed by atoms with E-state index in [2.05, 4.69) is 30.1 Å². The van der Waals surface area contributed by atoms with Crippen molar-refractivity contribution in [3.05, 3.63) is 41.7 Å². The van der Waals surface area contributed by atoms with Crippen LogP contribution in [0.5, 0.6) is 0 Å². The topological polar surface area (TPSA) is 69.7 Å². The van der Waals surface area contributed by atoms with Gasteiger partial charge in [0, 0.05) is 44.7 Å². The molecule has 0 unspecified atom stereocenters. The number of allylic oxidation sites excluding steroid dienone is 1. The lowest BCUT2D eigenvalue weighted by Gasteiger charge is -2.34. The summed E-state index contributed by atoms with van der Waals surface area (Å²) in [5.41, 5.74) is 1.31. The fraction of sp³-hybridized carbons (Fsp3) is 0.591. The maximum Gasteiger partial charge on any atom is 0.245 e. The number of sulfonamides is 1. The van der Waals surface area contributed by atoms with Crippen LogP contribution >= 0.6 is 0 Å². The van der Waals surface area contributed by atoms with Crippen LogP contribution in [0.2, 0.25) is 0 Å². The lowest BCUT2D eigenvalue weighted by atomic mass is 9.96. The van der Waals surface area contributed by atoms with Crippen molar-refractivity contribution in [1.82, 2.24) is 14.5 Å².